The van der Waals surface area contributed by atoms with Crippen LogP contribution in [0.3, 0.4) is 0 Å². The summed E-state index contributed by atoms with van der Waals surface area (Å²) >= 11 is 0. The van der Waals surface area contributed by atoms with E-state index in [0.717, 1.165) is 37.3 Å². The van der Waals surface area contributed by atoms with Gasteiger partial charge in [0.1, 0.15) is 5.78 Å². The summed E-state index contributed by atoms with van der Waals surface area (Å²) in [6.07, 6.45) is 5.26. The van der Waals surface area contributed by atoms with Crippen LogP contribution in [0.4, 0.5) is 0 Å². The Kier molecular flexibility index (Phi) is 2.35. The first-order valence-electron chi connectivity index (χ1n) is 6.49. The van der Waals surface area contributed by atoms with E-state index in [0.29, 0.717) is 5.78 Å². The van der Waals surface area contributed by atoms with Crippen molar-refractivity contribution in [3.05, 3.63) is 0 Å². The van der Waals surface area contributed by atoms with Crippen molar-refractivity contribution in [1.82, 2.24) is 4.90 Å². The summed E-state index contributed by atoms with van der Waals surface area (Å²) in [5.41, 5.74) is 0. The van der Waals surface area contributed by atoms with Gasteiger partial charge in [-0.25, -0.2) is 0 Å². The predicted molar refractivity (Wildman–Crippen MR) is 59.5 cm³/mol. The monoisotopic (exact) mass is 207 g/mol. The van der Waals surface area contributed by atoms with Gasteiger partial charge in [-0.05, 0) is 37.0 Å². The molecule has 0 bridgehead atoms. The lowest BCUT2D eigenvalue weighted by molar-refractivity contribution is -0.125. The van der Waals surface area contributed by atoms with Crippen molar-refractivity contribution in [3.8, 4) is 0 Å². The Bertz CT molecular complexity index is 272. The minimum absolute atomic E-state index is 0.289. The van der Waals surface area contributed by atoms with Gasteiger partial charge in [-0.3, -0.25) is 4.79 Å². The fraction of sp³-hybridized carbons (Fsp3) is 0.923. The lowest BCUT2D eigenvalue weighted by Crippen LogP contribution is -2.40. The van der Waals surface area contributed by atoms with Gasteiger partial charge in [0.25, 0.3) is 0 Å². The number of carbonyl (C=O) groups excluding carboxylic acids is 1. The quantitative estimate of drug-likeness (QED) is 0.705. The molecular formula is C13H21NO. The summed E-state index contributed by atoms with van der Waals surface area (Å²) in [6, 6.07) is 0. The van der Waals surface area contributed by atoms with Gasteiger partial charge in [0.15, 0.2) is 0 Å². The number of rotatable bonds is 3. The van der Waals surface area contributed by atoms with Crippen molar-refractivity contribution in [2.75, 3.05) is 19.6 Å². The zero-order valence-electron chi connectivity index (χ0n) is 9.61. The van der Waals surface area contributed by atoms with Crippen LogP contribution >= 0.6 is 0 Å². The second-order valence-corrected chi connectivity index (χ2v) is 5.87. The highest BCUT2D eigenvalue weighted by Gasteiger charge is 2.47. The second kappa shape index (κ2) is 3.58. The van der Waals surface area contributed by atoms with Gasteiger partial charge >= 0.3 is 0 Å². The molecule has 2 saturated carbocycles. The summed E-state index contributed by atoms with van der Waals surface area (Å²) in [5.74, 6) is 3.91. The summed E-state index contributed by atoms with van der Waals surface area (Å²) in [4.78, 5) is 13.9. The van der Waals surface area contributed by atoms with Crippen LogP contribution in [0.15, 0.2) is 0 Å². The largest absolute Gasteiger partial charge is 0.302 e. The number of ketones is 1. The number of nitrogens with zero attached hydrogens (tertiary/aromatic N) is 1. The molecule has 1 aliphatic heterocycles. The zero-order valence-corrected chi connectivity index (χ0v) is 9.61. The molecule has 2 aliphatic carbocycles. The minimum atomic E-state index is 0.289. The van der Waals surface area contributed by atoms with Crippen LogP contribution in [0.1, 0.15) is 32.6 Å². The number of piperidine rings is 1. The summed E-state index contributed by atoms with van der Waals surface area (Å²) in [6.45, 7) is 5.41. The molecule has 3 atom stereocenters. The van der Waals surface area contributed by atoms with Gasteiger partial charge < -0.3 is 4.90 Å². The molecule has 0 aromatic carbocycles. The number of carbonyl (C=O) groups is 1. The number of hydrogen-bond acceptors (Lipinski definition) is 2. The molecule has 0 amide bonds. The maximum atomic E-state index is 11.4. The first kappa shape index (κ1) is 9.83. The van der Waals surface area contributed by atoms with Gasteiger partial charge in [-0.1, -0.05) is 6.92 Å². The molecule has 3 fully saturated rings. The van der Waals surface area contributed by atoms with E-state index in [4.69, 9.17) is 0 Å². The number of Topliss-reactive ketones (excluding diaryl/α,β-unsaturated/α-hetero) is 1. The third-order valence-electron chi connectivity index (χ3n) is 4.45. The predicted octanol–water partition coefficient (Wildman–Crippen LogP) is 1.94. The Labute approximate surface area is 92.0 Å². The van der Waals surface area contributed by atoms with E-state index in [-0.39, 0.29) is 5.92 Å². The first-order valence-corrected chi connectivity index (χ1v) is 6.49. The molecule has 84 valence electrons. The average molecular weight is 207 g/mol. The topological polar surface area (TPSA) is 20.3 Å². The molecule has 2 nitrogen and oxygen atoms in total. The van der Waals surface area contributed by atoms with Crippen molar-refractivity contribution in [1.29, 1.82) is 0 Å². The van der Waals surface area contributed by atoms with Crippen LogP contribution in [0.25, 0.3) is 0 Å². The van der Waals surface area contributed by atoms with Gasteiger partial charge in [0.2, 0.25) is 0 Å². The van der Waals surface area contributed by atoms with E-state index >= 15 is 0 Å². The summed E-state index contributed by atoms with van der Waals surface area (Å²) in [7, 11) is 0. The molecule has 3 rings (SSSR count). The van der Waals surface area contributed by atoms with E-state index in [1.807, 2.05) is 0 Å². The van der Waals surface area contributed by atoms with Crippen LogP contribution in [-0.2, 0) is 4.79 Å². The average Bonchev–Trinajstić information content (AvgIpc) is 3.02. The van der Waals surface area contributed by atoms with Gasteiger partial charge in [0, 0.05) is 32.0 Å². The molecule has 0 radical (unpaired) electrons. The molecule has 3 unspecified atom stereocenters. The third-order valence-corrected chi connectivity index (χ3v) is 4.45. The van der Waals surface area contributed by atoms with Crippen molar-refractivity contribution in [2.24, 2.45) is 23.7 Å². The molecule has 15 heavy (non-hydrogen) atoms. The highest BCUT2D eigenvalue weighted by Crippen LogP contribution is 2.54. The molecule has 3 aliphatic rings. The lowest BCUT2D eigenvalue weighted by atomic mass is 9.98. The molecule has 1 saturated heterocycles. The Balaban J connectivity index is 1.46. The molecule has 0 aromatic heterocycles. The van der Waals surface area contributed by atoms with Gasteiger partial charge in [-0.15, -0.1) is 0 Å². The fourth-order valence-corrected chi connectivity index (χ4v) is 3.18. The van der Waals surface area contributed by atoms with E-state index < -0.39 is 0 Å². The Morgan fingerprint density at radius 1 is 1.40 bits per heavy atom. The lowest BCUT2D eigenvalue weighted by Gasteiger charge is -2.30. The summed E-state index contributed by atoms with van der Waals surface area (Å²) < 4.78 is 0. The second-order valence-electron chi connectivity index (χ2n) is 5.87. The third kappa shape index (κ3) is 2.10. The maximum Gasteiger partial charge on any atom is 0.138 e. The first-order chi connectivity index (χ1) is 7.24. The van der Waals surface area contributed by atoms with E-state index in [2.05, 4.69) is 11.8 Å². The van der Waals surface area contributed by atoms with Gasteiger partial charge in [-0.2, -0.15) is 0 Å². The SMILES string of the molecule is CC1CN(CC2CC2C2CC2)CCC1=O. The van der Waals surface area contributed by atoms with Crippen LogP contribution in [0.5, 0.6) is 0 Å². The Hall–Kier alpha value is -0.370. The van der Waals surface area contributed by atoms with Crippen molar-refractivity contribution >= 4 is 5.78 Å². The van der Waals surface area contributed by atoms with E-state index in [1.165, 1.54) is 25.8 Å². The van der Waals surface area contributed by atoms with Gasteiger partial charge in [0.05, 0.1) is 0 Å². The Morgan fingerprint density at radius 2 is 2.20 bits per heavy atom. The molecule has 0 N–H and O–H groups in total. The highest BCUT2D eigenvalue weighted by molar-refractivity contribution is 5.81. The number of likely N-dealkylation sites (tertiary alicyclic amines) is 1. The van der Waals surface area contributed by atoms with Crippen LogP contribution in [0, 0.1) is 23.7 Å². The smallest absolute Gasteiger partial charge is 0.138 e. The fourth-order valence-electron chi connectivity index (χ4n) is 3.18. The molecule has 0 spiro atoms. The maximum absolute atomic E-state index is 11.4. The Morgan fingerprint density at radius 3 is 2.87 bits per heavy atom. The van der Waals surface area contributed by atoms with Crippen LogP contribution in [0.2, 0.25) is 0 Å². The summed E-state index contributed by atoms with van der Waals surface area (Å²) in [5, 5.41) is 0. The van der Waals surface area contributed by atoms with E-state index in [9.17, 15) is 4.79 Å². The van der Waals surface area contributed by atoms with Crippen LogP contribution < -0.4 is 0 Å². The zero-order chi connectivity index (χ0) is 10.4. The molecular weight excluding hydrogens is 186 g/mol. The van der Waals surface area contributed by atoms with Crippen molar-refractivity contribution < 1.29 is 4.79 Å². The van der Waals surface area contributed by atoms with E-state index in [1.54, 1.807) is 0 Å². The van der Waals surface area contributed by atoms with Crippen LogP contribution in [-0.4, -0.2) is 30.3 Å². The number of hydrogen-bond donors (Lipinski definition) is 0. The minimum Gasteiger partial charge on any atom is -0.302 e. The van der Waals surface area contributed by atoms with Crippen molar-refractivity contribution in [3.63, 3.8) is 0 Å². The van der Waals surface area contributed by atoms with Crippen molar-refractivity contribution in [2.45, 2.75) is 32.6 Å². The molecule has 0 aromatic rings. The highest BCUT2D eigenvalue weighted by atomic mass is 16.1. The molecule has 2 heteroatoms. The standard InChI is InChI=1S/C13H21NO/c1-9-7-14(5-4-13(9)15)8-11-6-12(11)10-2-3-10/h9-12H,2-8H2,1H3. The molecule has 1 heterocycles. The normalized spacial score (nSPS) is 41.9.